The number of ketones is 1. The summed E-state index contributed by atoms with van der Waals surface area (Å²) in [5, 5.41) is 0. The fraction of sp³-hybridized carbons (Fsp3) is 0.389. The lowest BCUT2D eigenvalue weighted by molar-refractivity contribution is 0.0962. The lowest BCUT2D eigenvalue weighted by Gasteiger charge is -2.24. The maximum Gasteiger partial charge on any atom is 0.225 e. The maximum absolute atomic E-state index is 13.5. The summed E-state index contributed by atoms with van der Waals surface area (Å²) < 4.78 is 27.0. The Morgan fingerprint density at radius 2 is 1.75 bits per heavy atom. The van der Waals surface area contributed by atoms with Gasteiger partial charge >= 0.3 is 0 Å². The number of fused-ring (bicyclic) bond motifs is 1. The van der Waals surface area contributed by atoms with E-state index in [2.05, 4.69) is 14.9 Å². The van der Waals surface area contributed by atoms with E-state index in [-0.39, 0.29) is 18.1 Å². The number of rotatable bonds is 2. The first-order valence-corrected chi connectivity index (χ1v) is 8.20. The molecule has 6 heteroatoms. The van der Waals surface area contributed by atoms with Crippen molar-refractivity contribution >= 4 is 11.7 Å². The smallest absolute Gasteiger partial charge is 0.225 e. The van der Waals surface area contributed by atoms with Crippen molar-refractivity contribution in [2.24, 2.45) is 0 Å². The number of aromatic nitrogens is 2. The van der Waals surface area contributed by atoms with Crippen LogP contribution in [0.15, 0.2) is 24.4 Å². The Morgan fingerprint density at radius 1 is 1.04 bits per heavy atom. The molecule has 1 fully saturated rings. The molecule has 0 N–H and O–H groups in total. The van der Waals surface area contributed by atoms with Crippen molar-refractivity contribution < 1.29 is 13.6 Å². The van der Waals surface area contributed by atoms with Gasteiger partial charge in [-0.25, -0.2) is 18.7 Å². The molecule has 0 unspecified atom stereocenters. The van der Waals surface area contributed by atoms with Gasteiger partial charge in [-0.1, -0.05) is 0 Å². The van der Waals surface area contributed by atoms with Crippen LogP contribution in [0.2, 0.25) is 0 Å². The molecular formula is C18H17F2N3O. The van der Waals surface area contributed by atoms with Crippen molar-refractivity contribution in [3.05, 3.63) is 52.9 Å². The fourth-order valence-corrected chi connectivity index (χ4v) is 3.55. The van der Waals surface area contributed by atoms with Crippen molar-refractivity contribution in [2.75, 3.05) is 18.0 Å². The lowest BCUT2D eigenvalue weighted by atomic mass is 9.82. The van der Waals surface area contributed by atoms with E-state index >= 15 is 0 Å². The molecule has 1 aromatic carbocycles. The fourth-order valence-electron chi connectivity index (χ4n) is 3.55. The van der Waals surface area contributed by atoms with Crippen LogP contribution in [0, 0.1) is 11.6 Å². The molecule has 1 aromatic heterocycles. The van der Waals surface area contributed by atoms with Crippen LogP contribution in [0.1, 0.15) is 46.8 Å². The molecule has 0 bridgehead atoms. The minimum absolute atomic E-state index is 0.0705. The van der Waals surface area contributed by atoms with Crippen LogP contribution < -0.4 is 4.90 Å². The minimum Gasteiger partial charge on any atom is -0.341 e. The number of benzene rings is 1. The van der Waals surface area contributed by atoms with Crippen molar-refractivity contribution in [1.29, 1.82) is 0 Å². The van der Waals surface area contributed by atoms with Crippen LogP contribution in [0.3, 0.4) is 0 Å². The number of halogens is 2. The first-order chi connectivity index (χ1) is 11.6. The summed E-state index contributed by atoms with van der Waals surface area (Å²) in [5.74, 6) is -0.923. The van der Waals surface area contributed by atoms with E-state index in [1.54, 1.807) is 6.20 Å². The van der Waals surface area contributed by atoms with Gasteiger partial charge in [-0.3, -0.25) is 4.79 Å². The van der Waals surface area contributed by atoms with Gasteiger partial charge in [0.2, 0.25) is 5.95 Å². The standard InChI is InChI=1S/C18H17F2N3O/c19-13-5-11(6-14(20)9-13)12-7-16-15(17(24)8-12)10-21-18(22-16)23-3-1-2-4-23/h5-6,9-10,12H,1-4,7-8H2/t12-/m1/s1. The van der Waals surface area contributed by atoms with Gasteiger partial charge < -0.3 is 4.90 Å². The van der Waals surface area contributed by atoms with Gasteiger partial charge in [-0.15, -0.1) is 0 Å². The van der Waals surface area contributed by atoms with Crippen molar-refractivity contribution in [3.8, 4) is 0 Å². The first-order valence-electron chi connectivity index (χ1n) is 8.20. The van der Waals surface area contributed by atoms with Gasteiger partial charge in [0.1, 0.15) is 11.6 Å². The number of anilines is 1. The lowest BCUT2D eigenvalue weighted by Crippen LogP contribution is -2.25. The minimum atomic E-state index is -0.622. The topological polar surface area (TPSA) is 46.1 Å². The van der Waals surface area contributed by atoms with Crippen LogP contribution in [0.4, 0.5) is 14.7 Å². The van der Waals surface area contributed by atoms with E-state index in [1.165, 1.54) is 12.1 Å². The van der Waals surface area contributed by atoms with Gasteiger partial charge in [0, 0.05) is 31.8 Å². The Labute approximate surface area is 138 Å². The molecule has 1 atom stereocenters. The highest BCUT2D eigenvalue weighted by Gasteiger charge is 2.29. The Morgan fingerprint density at radius 3 is 2.46 bits per heavy atom. The molecule has 0 amide bonds. The third-order valence-corrected chi connectivity index (χ3v) is 4.77. The summed E-state index contributed by atoms with van der Waals surface area (Å²) in [6, 6.07) is 3.44. The summed E-state index contributed by atoms with van der Waals surface area (Å²) in [4.78, 5) is 23.4. The van der Waals surface area contributed by atoms with Gasteiger partial charge in [0.05, 0.1) is 11.3 Å². The Balaban J connectivity index is 1.67. The van der Waals surface area contributed by atoms with Crippen LogP contribution in [-0.2, 0) is 6.42 Å². The number of Topliss-reactive ketones (excluding diaryl/α,β-unsaturated/α-hetero) is 1. The summed E-state index contributed by atoms with van der Waals surface area (Å²) in [7, 11) is 0. The predicted octanol–water partition coefficient (Wildman–Crippen LogP) is 3.27. The van der Waals surface area contributed by atoms with E-state index in [9.17, 15) is 13.6 Å². The number of hydrogen-bond acceptors (Lipinski definition) is 4. The molecule has 1 aliphatic carbocycles. The zero-order valence-electron chi connectivity index (χ0n) is 13.1. The number of hydrogen-bond donors (Lipinski definition) is 0. The molecule has 2 aliphatic rings. The Bertz CT molecular complexity index is 783. The average molecular weight is 329 g/mol. The summed E-state index contributed by atoms with van der Waals surface area (Å²) >= 11 is 0. The van der Waals surface area contributed by atoms with Gasteiger partial charge in [-0.2, -0.15) is 0 Å². The summed E-state index contributed by atoms with van der Waals surface area (Å²) in [6.07, 6.45) is 4.55. The molecule has 0 spiro atoms. The van der Waals surface area contributed by atoms with E-state index < -0.39 is 11.6 Å². The highest BCUT2D eigenvalue weighted by atomic mass is 19.1. The van der Waals surface area contributed by atoms with Crippen LogP contribution in [0.5, 0.6) is 0 Å². The van der Waals surface area contributed by atoms with Gasteiger partial charge in [0.15, 0.2) is 5.78 Å². The highest BCUT2D eigenvalue weighted by Crippen LogP contribution is 2.33. The number of nitrogens with zero attached hydrogens (tertiary/aromatic N) is 3. The second-order valence-electron chi connectivity index (χ2n) is 6.46. The zero-order chi connectivity index (χ0) is 16.7. The molecule has 0 saturated carbocycles. The number of carbonyl (C=O) groups excluding carboxylic acids is 1. The molecule has 4 rings (SSSR count). The SMILES string of the molecule is O=C1C[C@H](c2cc(F)cc(F)c2)Cc2nc(N3CCCC3)ncc21. The molecule has 1 saturated heterocycles. The predicted molar refractivity (Wildman–Crippen MR) is 85.2 cm³/mol. The van der Waals surface area contributed by atoms with Gasteiger partial charge in [0.25, 0.3) is 0 Å². The highest BCUT2D eigenvalue weighted by molar-refractivity contribution is 5.98. The largest absolute Gasteiger partial charge is 0.341 e. The van der Waals surface area contributed by atoms with E-state index in [1.807, 2.05) is 0 Å². The molecule has 24 heavy (non-hydrogen) atoms. The monoisotopic (exact) mass is 329 g/mol. The molecule has 2 aromatic rings. The van der Waals surface area contributed by atoms with Crippen molar-refractivity contribution in [2.45, 2.75) is 31.6 Å². The molecule has 124 valence electrons. The molecule has 2 heterocycles. The van der Waals surface area contributed by atoms with Crippen LogP contribution in [-0.4, -0.2) is 28.8 Å². The quantitative estimate of drug-likeness (QED) is 0.848. The third-order valence-electron chi connectivity index (χ3n) is 4.77. The Kier molecular flexibility index (Phi) is 3.75. The second kappa shape index (κ2) is 5.92. The molecule has 4 nitrogen and oxygen atoms in total. The first kappa shape index (κ1) is 15.2. The molecule has 1 aliphatic heterocycles. The third kappa shape index (κ3) is 2.77. The van der Waals surface area contributed by atoms with E-state index in [0.29, 0.717) is 29.2 Å². The summed E-state index contributed by atoms with van der Waals surface area (Å²) in [6.45, 7) is 1.84. The molecule has 0 radical (unpaired) electrons. The number of carbonyl (C=O) groups is 1. The van der Waals surface area contributed by atoms with Crippen LogP contribution >= 0.6 is 0 Å². The van der Waals surface area contributed by atoms with Gasteiger partial charge in [-0.05, 0) is 42.9 Å². The van der Waals surface area contributed by atoms with E-state index in [4.69, 9.17) is 0 Å². The van der Waals surface area contributed by atoms with E-state index in [0.717, 1.165) is 32.0 Å². The summed E-state index contributed by atoms with van der Waals surface area (Å²) in [5.41, 5.74) is 1.72. The molecular weight excluding hydrogens is 312 g/mol. The average Bonchev–Trinajstić information content (AvgIpc) is 3.08. The normalized spacial score (nSPS) is 20.3. The maximum atomic E-state index is 13.5. The van der Waals surface area contributed by atoms with Crippen LogP contribution in [0.25, 0.3) is 0 Å². The second-order valence-corrected chi connectivity index (χ2v) is 6.46. The van der Waals surface area contributed by atoms with Crippen molar-refractivity contribution in [3.63, 3.8) is 0 Å². The Hall–Kier alpha value is -2.37. The van der Waals surface area contributed by atoms with Crippen molar-refractivity contribution in [1.82, 2.24) is 9.97 Å². The zero-order valence-corrected chi connectivity index (χ0v) is 13.1.